The molecule has 6 heterocycles. The van der Waals surface area contributed by atoms with Gasteiger partial charge in [-0.15, -0.1) is 11.3 Å². The molecule has 0 unspecified atom stereocenters. The Labute approximate surface area is 430 Å². The molecule has 3 fully saturated rings. The molecule has 2 aliphatic heterocycles. The normalized spacial score (nSPS) is 17.9. The third-order valence-electron chi connectivity index (χ3n) is 14.5. The molecule has 0 spiro atoms. The Hall–Kier alpha value is -6.60. The number of ketones is 1. The maximum atomic E-state index is 14.1. The largest absolute Gasteiger partial charge is 0.391 e. The maximum Gasteiger partial charge on any atom is 0.263 e. The van der Waals surface area contributed by atoms with Crippen LogP contribution in [-0.2, 0) is 25.7 Å². The zero-order valence-electron chi connectivity index (χ0n) is 42.9. The smallest absolute Gasteiger partial charge is 0.263 e. The van der Waals surface area contributed by atoms with Crippen molar-refractivity contribution in [2.24, 2.45) is 5.41 Å². The number of Topliss-reactive ketones (excluding diaryl/α,β-unsaturated/α-hetero) is 1. The molecule has 8 rings (SSSR count). The number of likely N-dealkylation sites (tertiary alicyclic amines) is 1. The Kier molecular flexibility index (Phi) is 16.7. The predicted octanol–water partition coefficient (Wildman–Crippen LogP) is 6.79. The highest BCUT2D eigenvalue weighted by molar-refractivity contribution is 7.13. The Balaban J connectivity index is 0.772. The van der Waals surface area contributed by atoms with E-state index in [2.05, 4.69) is 35.8 Å². The average Bonchev–Trinajstić information content (AvgIpc) is 4.10. The lowest BCUT2D eigenvalue weighted by Gasteiger charge is -2.35. The number of hydrogen-bond donors (Lipinski definition) is 4. The fourth-order valence-electron chi connectivity index (χ4n) is 10.4. The molecular formula is C54H69N11O7S. The lowest BCUT2D eigenvalue weighted by Crippen LogP contribution is -2.57. The van der Waals surface area contributed by atoms with Gasteiger partial charge in [0.1, 0.15) is 23.5 Å². The number of nitrogens with zero attached hydrogens (tertiary/aromatic N) is 8. The summed E-state index contributed by atoms with van der Waals surface area (Å²) >= 11 is 1.57. The number of hydrogen-bond acceptors (Lipinski definition) is 14. The van der Waals surface area contributed by atoms with Gasteiger partial charge in [-0.2, -0.15) is 4.98 Å². The van der Waals surface area contributed by atoms with Crippen molar-refractivity contribution in [1.29, 1.82) is 0 Å². The second-order valence-corrected chi connectivity index (χ2v) is 21.7. The zero-order valence-corrected chi connectivity index (χ0v) is 43.7. The standard InChI is InChI=1S/C54H69N11O7S/c1-33-41-30-57-53(61-49(41)65(38-13-10-11-14-38)51(71)46(33)35(3)66)59-43-22-21-39(29-55-43)62-23-12-24-63(26-25-62)45(69)16-9-7-8-15-44(68)60-48(54(4,5)6)52(72)64-31-40(67)27-42(64)50(70)56-28-36-17-19-37(20-18-36)47-34(2)58-32-73-47/h17-22,29-30,32,38,40,42,48,67H,7-16,23-28,31H2,1-6H3,(H,56,70)(H,60,68)(H,55,57,59,61)/t40-,42+,48-/m1/s1. The third-order valence-corrected chi connectivity index (χ3v) is 15.4. The summed E-state index contributed by atoms with van der Waals surface area (Å²) in [6.07, 6.45) is 9.63. The molecule has 5 aromatic rings. The van der Waals surface area contributed by atoms with Crippen molar-refractivity contribution in [3.05, 3.63) is 87.0 Å². The SMILES string of the molecule is CC(=O)c1c(C)c2cnc(Nc3ccc(N4CCCN(C(=O)CCCCCC(=O)N[C@H](C(=O)N5C[C@H](O)C[C@H]5C(=O)NCc5ccc(-c6scnc6C)cc5)C(C)(C)C)CC4)cn3)nc2n(C2CCCC2)c1=O. The van der Waals surface area contributed by atoms with Gasteiger partial charge in [-0.3, -0.25) is 33.3 Å². The zero-order chi connectivity index (χ0) is 52.0. The summed E-state index contributed by atoms with van der Waals surface area (Å²) in [6.45, 7) is 13.6. The summed E-state index contributed by atoms with van der Waals surface area (Å²) < 4.78 is 1.69. The van der Waals surface area contributed by atoms with Crippen LogP contribution in [0.15, 0.2) is 59.1 Å². The maximum absolute atomic E-state index is 14.1. The molecule has 19 heteroatoms. The number of carbonyl (C=O) groups is 5. The van der Waals surface area contributed by atoms with Crippen LogP contribution in [0.1, 0.15) is 132 Å². The fraction of sp³-hybridized carbons (Fsp3) is 0.519. The molecule has 388 valence electrons. The minimum absolute atomic E-state index is 0.00310. The van der Waals surface area contributed by atoms with E-state index in [4.69, 9.17) is 4.98 Å². The Morgan fingerprint density at radius 2 is 1.63 bits per heavy atom. The van der Waals surface area contributed by atoms with Gasteiger partial charge in [-0.1, -0.05) is 64.3 Å². The first-order valence-electron chi connectivity index (χ1n) is 25.7. The number of benzene rings is 1. The molecule has 1 aliphatic carbocycles. The number of β-amino-alcohol motifs (C(OH)–C–C–N with tert-alkyl or cyclic N) is 1. The van der Waals surface area contributed by atoms with E-state index < -0.39 is 29.5 Å². The van der Waals surface area contributed by atoms with E-state index in [9.17, 15) is 33.9 Å². The van der Waals surface area contributed by atoms with E-state index in [1.165, 1.54) is 11.8 Å². The van der Waals surface area contributed by atoms with Crippen LogP contribution in [0.25, 0.3) is 21.5 Å². The number of fused-ring (bicyclic) bond motifs is 1. The number of amides is 4. The number of anilines is 3. The second kappa shape index (κ2) is 23.1. The number of aliphatic hydroxyl groups is 1. The van der Waals surface area contributed by atoms with Gasteiger partial charge in [-0.25, -0.2) is 15.0 Å². The highest BCUT2D eigenvalue weighted by Gasteiger charge is 2.44. The van der Waals surface area contributed by atoms with Crippen molar-refractivity contribution in [2.75, 3.05) is 42.9 Å². The molecule has 73 heavy (non-hydrogen) atoms. The van der Waals surface area contributed by atoms with Crippen LogP contribution >= 0.6 is 11.3 Å². The van der Waals surface area contributed by atoms with Crippen molar-refractivity contribution >= 4 is 69.2 Å². The van der Waals surface area contributed by atoms with Crippen molar-refractivity contribution < 1.29 is 29.1 Å². The van der Waals surface area contributed by atoms with E-state index in [1.54, 1.807) is 35.2 Å². The summed E-state index contributed by atoms with van der Waals surface area (Å²) in [5.41, 5.74) is 5.97. The molecule has 3 atom stereocenters. The van der Waals surface area contributed by atoms with Crippen LogP contribution in [0.4, 0.5) is 17.5 Å². The Morgan fingerprint density at radius 3 is 2.32 bits per heavy atom. The first-order valence-corrected chi connectivity index (χ1v) is 26.6. The van der Waals surface area contributed by atoms with E-state index in [-0.39, 0.29) is 66.6 Å². The lowest BCUT2D eigenvalue weighted by molar-refractivity contribution is -0.144. The number of aryl methyl sites for hydroxylation is 2. The predicted molar refractivity (Wildman–Crippen MR) is 282 cm³/mol. The molecule has 4 N–H and O–H groups in total. The number of thiazole rings is 1. The molecule has 18 nitrogen and oxygen atoms in total. The van der Waals surface area contributed by atoms with Gasteiger partial charge < -0.3 is 35.8 Å². The van der Waals surface area contributed by atoms with Gasteiger partial charge in [0, 0.05) is 76.2 Å². The van der Waals surface area contributed by atoms with E-state index in [0.717, 1.165) is 66.0 Å². The monoisotopic (exact) mass is 1020 g/mol. The first-order chi connectivity index (χ1) is 35.0. The van der Waals surface area contributed by atoms with Crippen molar-refractivity contribution in [3.63, 3.8) is 0 Å². The number of carbonyl (C=O) groups excluding carboxylic acids is 5. The summed E-state index contributed by atoms with van der Waals surface area (Å²) in [6, 6.07) is 9.91. The molecule has 0 radical (unpaired) electrons. The number of pyridine rings is 2. The molecule has 0 bridgehead atoms. The minimum Gasteiger partial charge on any atom is -0.391 e. The van der Waals surface area contributed by atoms with Gasteiger partial charge in [-0.05, 0) is 87.1 Å². The number of rotatable bonds is 17. The van der Waals surface area contributed by atoms with E-state index in [0.29, 0.717) is 73.7 Å². The van der Waals surface area contributed by atoms with Crippen LogP contribution in [0.2, 0.25) is 0 Å². The molecular weight excluding hydrogens is 947 g/mol. The van der Waals surface area contributed by atoms with Crippen molar-refractivity contribution in [1.82, 2.24) is 44.9 Å². The van der Waals surface area contributed by atoms with E-state index >= 15 is 0 Å². The number of aliphatic hydroxyl groups excluding tert-OH is 1. The van der Waals surface area contributed by atoms with Gasteiger partial charge in [0.25, 0.3) is 5.56 Å². The molecule has 4 aromatic heterocycles. The lowest BCUT2D eigenvalue weighted by atomic mass is 9.85. The van der Waals surface area contributed by atoms with Gasteiger partial charge in [0.15, 0.2) is 5.78 Å². The first kappa shape index (κ1) is 52.7. The van der Waals surface area contributed by atoms with Gasteiger partial charge >= 0.3 is 0 Å². The molecule has 1 saturated carbocycles. The van der Waals surface area contributed by atoms with Gasteiger partial charge in [0.2, 0.25) is 29.6 Å². The highest BCUT2D eigenvalue weighted by atomic mass is 32.1. The number of nitrogens with one attached hydrogen (secondary N) is 3. The van der Waals surface area contributed by atoms with Crippen LogP contribution in [0.3, 0.4) is 0 Å². The van der Waals surface area contributed by atoms with Crippen molar-refractivity contribution in [3.8, 4) is 10.4 Å². The summed E-state index contributed by atoms with van der Waals surface area (Å²) in [7, 11) is 0. The molecule has 1 aromatic carbocycles. The molecule has 4 amide bonds. The Morgan fingerprint density at radius 1 is 0.877 bits per heavy atom. The topological polar surface area (TPSA) is 225 Å². The third kappa shape index (κ3) is 12.4. The van der Waals surface area contributed by atoms with Gasteiger partial charge in [0.05, 0.1) is 39.6 Å². The quantitative estimate of drug-likeness (QED) is 0.0557. The fourth-order valence-corrected chi connectivity index (χ4v) is 11.2. The van der Waals surface area contributed by atoms with Crippen LogP contribution < -0.4 is 26.4 Å². The highest BCUT2D eigenvalue weighted by Crippen LogP contribution is 2.33. The second-order valence-electron chi connectivity index (χ2n) is 20.9. The summed E-state index contributed by atoms with van der Waals surface area (Å²) in [4.78, 5) is 105. The molecule has 2 saturated heterocycles. The van der Waals surface area contributed by atoms with Crippen LogP contribution in [0.5, 0.6) is 0 Å². The van der Waals surface area contributed by atoms with Crippen LogP contribution in [0, 0.1) is 19.3 Å². The number of unbranched alkanes of at least 4 members (excludes halogenated alkanes) is 2. The average molecular weight is 1020 g/mol. The number of aromatic nitrogens is 5. The minimum atomic E-state index is -0.916. The summed E-state index contributed by atoms with van der Waals surface area (Å²) in [5.74, 6) is -0.391. The molecule has 3 aliphatic rings. The Bertz CT molecular complexity index is 2870. The summed E-state index contributed by atoms with van der Waals surface area (Å²) in [5, 5.41) is 20.4. The van der Waals surface area contributed by atoms with Crippen LogP contribution in [-0.4, -0.2) is 120 Å². The van der Waals surface area contributed by atoms with E-state index in [1.807, 2.05) is 74.5 Å². The van der Waals surface area contributed by atoms with Crippen molar-refractivity contribution in [2.45, 2.75) is 143 Å².